The molecule has 1 aliphatic carbocycles. The Morgan fingerprint density at radius 2 is 1.93 bits per heavy atom. The summed E-state index contributed by atoms with van der Waals surface area (Å²) in [5, 5.41) is 10.5. The molecule has 1 N–H and O–H groups in total. The fourth-order valence-corrected chi connectivity index (χ4v) is 4.27. The van der Waals surface area contributed by atoms with Gasteiger partial charge >= 0.3 is 6.18 Å². The van der Waals surface area contributed by atoms with E-state index in [-0.39, 0.29) is 17.7 Å². The van der Waals surface area contributed by atoms with Crippen LogP contribution in [-0.2, 0) is 12.0 Å². The summed E-state index contributed by atoms with van der Waals surface area (Å²) in [5.74, 6) is 1.41. The minimum Gasteiger partial charge on any atom is -0.496 e. The van der Waals surface area contributed by atoms with Gasteiger partial charge in [-0.3, -0.25) is 0 Å². The van der Waals surface area contributed by atoms with Crippen molar-refractivity contribution in [1.82, 2.24) is 0 Å². The van der Waals surface area contributed by atoms with Crippen LogP contribution in [0.25, 0.3) is 0 Å². The van der Waals surface area contributed by atoms with E-state index in [4.69, 9.17) is 4.74 Å². The second-order valence-corrected chi connectivity index (χ2v) is 8.55. The summed E-state index contributed by atoms with van der Waals surface area (Å²) < 4.78 is 46.3. The maximum Gasteiger partial charge on any atom is 0.421 e. The van der Waals surface area contributed by atoms with Crippen LogP contribution in [0, 0.1) is 18.8 Å². The molecular formula is C24H35F3O2. The number of hydrogen-bond acceptors (Lipinski definition) is 2. The lowest BCUT2D eigenvalue weighted by Gasteiger charge is -2.32. The number of alkyl halides is 3. The minimum atomic E-state index is -4.76. The van der Waals surface area contributed by atoms with Crippen LogP contribution in [0.4, 0.5) is 13.2 Å². The molecule has 29 heavy (non-hydrogen) atoms. The zero-order valence-corrected chi connectivity index (χ0v) is 18.3. The number of allylic oxidation sites excluding steroid dienone is 2. The third kappa shape index (κ3) is 5.56. The summed E-state index contributed by atoms with van der Waals surface area (Å²) in [7, 11) is 1.36. The van der Waals surface area contributed by atoms with Crippen LogP contribution in [0.5, 0.6) is 5.75 Å². The Morgan fingerprint density at radius 3 is 2.48 bits per heavy atom. The number of benzene rings is 1. The molecule has 1 aromatic carbocycles. The Bertz CT molecular complexity index is 724. The quantitative estimate of drug-likeness (QED) is 0.425. The van der Waals surface area contributed by atoms with E-state index < -0.39 is 18.2 Å². The topological polar surface area (TPSA) is 29.5 Å². The predicted octanol–water partition coefficient (Wildman–Crippen LogP) is 6.87. The molecule has 3 atom stereocenters. The number of hydrogen-bond donors (Lipinski definition) is 1. The number of halogens is 3. The molecule has 0 aromatic heterocycles. The molecule has 0 radical (unpaired) electrons. The molecule has 1 saturated carbocycles. The van der Waals surface area contributed by atoms with Crippen molar-refractivity contribution in [2.45, 2.75) is 84.4 Å². The van der Waals surface area contributed by atoms with Gasteiger partial charge in [0.05, 0.1) is 7.11 Å². The lowest BCUT2D eigenvalue weighted by Crippen LogP contribution is -2.42. The molecule has 5 heteroatoms. The summed E-state index contributed by atoms with van der Waals surface area (Å²) in [6.45, 7) is 7.82. The standard InChI is InChI=1S/C24H35F3O2/c1-6-8-16(3)12-20-14-19(20)10-9-18-15-22(29-5)21(13-17(18)4)23(28,11-7-2)24(25,26)27/h12-13,15,19-20,28H,6-11,14H2,1-5H3/b16-12+. The molecule has 0 heterocycles. The van der Waals surface area contributed by atoms with Crippen molar-refractivity contribution in [1.29, 1.82) is 0 Å². The lowest BCUT2D eigenvalue weighted by molar-refractivity contribution is -0.269. The van der Waals surface area contributed by atoms with E-state index in [1.807, 2.05) is 6.92 Å². The Labute approximate surface area is 173 Å². The largest absolute Gasteiger partial charge is 0.496 e. The number of methoxy groups -OCH3 is 1. The van der Waals surface area contributed by atoms with Crippen LogP contribution in [0.1, 0.15) is 76.0 Å². The molecule has 0 spiro atoms. The highest BCUT2D eigenvalue weighted by atomic mass is 19.4. The van der Waals surface area contributed by atoms with Gasteiger partial charge in [0.25, 0.3) is 0 Å². The highest BCUT2D eigenvalue weighted by Gasteiger charge is 2.55. The fraction of sp³-hybridized carbons (Fsp3) is 0.667. The Kier molecular flexibility index (Phi) is 7.83. The van der Waals surface area contributed by atoms with E-state index in [0.29, 0.717) is 11.8 Å². The van der Waals surface area contributed by atoms with Gasteiger partial charge < -0.3 is 9.84 Å². The smallest absolute Gasteiger partial charge is 0.421 e. The Hall–Kier alpha value is -1.49. The lowest BCUT2D eigenvalue weighted by atomic mass is 9.85. The first-order chi connectivity index (χ1) is 13.6. The van der Waals surface area contributed by atoms with Gasteiger partial charge in [-0.15, -0.1) is 0 Å². The normalized spacial score (nSPS) is 21.8. The molecule has 0 amide bonds. The maximum absolute atomic E-state index is 13.7. The molecule has 3 unspecified atom stereocenters. The van der Waals surface area contributed by atoms with Gasteiger partial charge in [-0.25, -0.2) is 0 Å². The van der Waals surface area contributed by atoms with Crippen molar-refractivity contribution < 1.29 is 23.0 Å². The minimum absolute atomic E-state index is 0.116. The zero-order chi connectivity index (χ0) is 21.8. The number of ether oxygens (including phenoxy) is 1. The average Bonchev–Trinajstić information content (AvgIpc) is 3.37. The number of rotatable bonds is 10. The van der Waals surface area contributed by atoms with Gasteiger partial charge in [0.1, 0.15) is 5.75 Å². The number of aryl methyl sites for hydroxylation is 2. The first kappa shape index (κ1) is 23.8. The fourth-order valence-electron chi connectivity index (χ4n) is 4.27. The number of aliphatic hydroxyl groups is 1. The van der Waals surface area contributed by atoms with Crippen molar-refractivity contribution in [3.8, 4) is 5.75 Å². The molecule has 164 valence electrons. The van der Waals surface area contributed by atoms with Gasteiger partial charge in [0.15, 0.2) is 5.60 Å². The molecule has 1 fully saturated rings. The van der Waals surface area contributed by atoms with Crippen molar-refractivity contribution >= 4 is 0 Å². The molecule has 0 aliphatic heterocycles. The summed E-state index contributed by atoms with van der Waals surface area (Å²) in [4.78, 5) is 0. The van der Waals surface area contributed by atoms with Crippen LogP contribution >= 0.6 is 0 Å². The summed E-state index contributed by atoms with van der Waals surface area (Å²) >= 11 is 0. The van der Waals surface area contributed by atoms with E-state index >= 15 is 0 Å². The van der Waals surface area contributed by atoms with Crippen molar-refractivity contribution in [2.24, 2.45) is 11.8 Å². The van der Waals surface area contributed by atoms with Crippen LogP contribution in [0.15, 0.2) is 23.8 Å². The summed E-state index contributed by atoms with van der Waals surface area (Å²) in [6, 6.07) is 3.15. The average molecular weight is 413 g/mol. The molecule has 1 aliphatic rings. The first-order valence-electron chi connectivity index (χ1n) is 10.7. The molecule has 2 rings (SSSR count). The van der Waals surface area contributed by atoms with Crippen molar-refractivity contribution in [3.05, 3.63) is 40.5 Å². The van der Waals surface area contributed by atoms with Gasteiger partial charge in [-0.1, -0.05) is 38.3 Å². The van der Waals surface area contributed by atoms with Crippen molar-refractivity contribution in [3.63, 3.8) is 0 Å². The summed E-state index contributed by atoms with van der Waals surface area (Å²) in [6.07, 6.45) is 2.78. The maximum atomic E-state index is 13.7. The third-order valence-electron chi connectivity index (χ3n) is 6.09. The molecule has 2 nitrogen and oxygen atoms in total. The molecule has 0 bridgehead atoms. The first-order valence-corrected chi connectivity index (χ1v) is 10.7. The second kappa shape index (κ2) is 9.55. The highest BCUT2D eigenvalue weighted by molar-refractivity contribution is 5.46. The van der Waals surface area contributed by atoms with Gasteiger partial charge in [0.2, 0.25) is 0 Å². The second-order valence-electron chi connectivity index (χ2n) is 8.55. The molecular weight excluding hydrogens is 377 g/mol. The van der Waals surface area contributed by atoms with E-state index in [9.17, 15) is 18.3 Å². The van der Waals surface area contributed by atoms with Crippen molar-refractivity contribution in [2.75, 3.05) is 7.11 Å². The van der Waals surface area contributed by atoms with Gasteiger partial charge in [-0.05, 0) is 81.0 Å². The monoisotopic (exact) mass is 412 g/mol. The van der Waals surface area contributed by atoms with E-state index in [1.165, 1.54) is 25.2 Å². The van der Waals surface area contributed by atoms with E-state index in [0.717, 1.165) is 36.8 Å². The van der Waals surface area contributed by atoms with E-state index in [1.54, 1.807) is 13.0 Å². The van der Waals surface area contributed by atoms with Crippen LogP contribution in [-0.4, -0.2) is 18.4 Å². The zero-order valence-electron chi connectivity index (χ0n) is 18.3. The van der Waals surface area contributed by atoms with Crippen LogP contribution in [0.2, 0.25) is 0 Å². The van der Waals surface area contributed by atoms with Gasteiger partial charge in [-0.2, -0.15) is 13.2 Å². The Morgan fingerprint density at radius 1 is 1.24 bits per heavy atom. The van der Waals surface area contributed by atoms with E-state index in [2.05, 4.69) is 19.9 Å². The molecule has 1 aromatic rings. The Balaban J connectivity index is 2.18. The SMILES string of the molecule is CCC/C(C)=C/C1CC1CCc1cc(OC)c(C(O)(CCC)C(F)(F)F)cc1C. The third-order valence-corrected chi connectivity index (χ3v) is 6.09. The summed E-state index contributed by atoms with van der Waals surface area (Å²) in [5.41, 5.74) is 0.142. The van der Waals surface area contributed by atoms with Crippen LogP contribution < -0.4 is 4.74 Å². The highest BCUT2D eigenvalue weighted by Crippen LogP contribution is 2.47. The molecule has 0 saturated heterocycles. The van der Waals surface area contributed by atoms with Crippen LogP contribution in [0.3, 0.4) is 0 Å². The predicted molar refractivity (Wildman–Crippen MR) is 111 cm³/mol. The van der Waals surface area contributed by atoms with Gasteiger partial charge in [0, 0.05) is 5.56 Å².